The third kappa shape index (κ3) is 4.02. The van der Waals surface area contributed by atoms with Crippen LogP contribution in [0, 0.1) is 6.92 Å². The third-order valence-corrected chi connectivity index (χ3v) is 5.03. The second-order valence-corrected chi connectivity index (χ2v) is 7.17. The van der Waals surface area contributed by atoms with Crippen molar-refractivity contribution in [2.75, 3.05) is 17.6 Å². The number of hydrogen-bond donors (Lipinski definition) is 3. The van der Waals surface area contributed by atoms with Crippen molar-refractivity contribution in [2.24, 2.45) is 0 Å². The standard InChI is InChI=1S/C15H23N7OS/c1-10-9-18-22(11-5-2-3-6-11)13(10)19-15(23)17-8-4-7-12-20-21-14(16)24-12/h9,11H,2-8H2,1H3,(H2,16,21)(H2,17,19,23). The van der Waals surface area contributed by atoms with Gasteiger partial charge in [-0.2, -0.15) is 5.10 Å². The SMILES string of the molecule is Cc1cnn(C2CCCC2)c1NC(=O)NCCCc1nnc(N)s1. The van der Waals surface area contributed by atoms with Crippen molar-refractivity contribution >= 4 is 28.3 Å². The molecule has 1 aliphatic carbocycles. The molecule has 0 radical (unpaired) electrons. The number of aryl methyl sites for hydroxylation is 2. The molecule has 4 N–H and O–H groups in total. The molecule has 130 valence electrons. The first-order chi connectivity index (χ1) is 11.6. The van der Waals surface area contributed by atoms with Gasteiger partial charge >= 0.3 is 6.03 Å². The molecule has 24 heavy (non-hydrogen) atoms. The maximum atomic E-state index is 12.1. The molecule has 0 spiro atoms. The van der Waals surface area contributed by atoms with Crippen molar-refractivity contribution in [3.05, 3.63) is 16.8 Å². The Kier molecular flexibility index (Phi) is 5.29. The summed E-state index contributed by atoms with van der Waals surface area (Å²) in [4.78, 5) is 12.1. The van der Waals surface area contributed by atoms with E-state index in [1.54, 1.807) is 0 Å². The Labute approximate surface area is 144 Å². The van der Waals surface area contributed by atoms with E-state index >= 15 is 0 Å². The summed E-state index contributed by atoms with van der Waals surface area (Å²) in [6.07, 6.45) is 8.08. The minimum atomic E-state index is -0.199. The van der Waals surface area contributed by atoms with Crippen LogP contribution in [-0.4, -0.2) is 32.6 Å². The number of nitrogens with one attached hydrogen (secondary N) is 2. The highest BCUT2D eigenvalue weighted by Gasteiger charge is 2.22. The molecule has 2 aromatic rings. The Morgan fingerprint density at radius 3 is 2.92 bits per heavy atom. The zero-order chi connectivity index (χ0) is 16.9. The number of anilines is 2. The lowest BCUT2D eigenvalue weighted by Crippen LogP contribution is -2.31. The number of nitrogens with two attached hydrogens (primary N) is 1. The summed E-state index contributed by atoms with van der Waals surface area (Å²) in [5, 5.41) is 19.4. The third-order valence-electron chi connectivity index (χ3n) is 4.22. The molecule has 2 heterocycles. The number of rotatable bonds is 6. The lowest BCUT2D eigenvalue weighted by atomic mass is 10.2. The number of nitrogen functional groups attached to an aromatic ring is 1. The molecular formula is C15H23N7OS. The van der Waals surface area contributed by atoms with E-state index in [-0.39, 0.29) is 6.03 Å². The van der Waals surface area contributed by atoms with Gasteiger partial charge in [0.25, 0.3) is 0 Å². The molecule has 1 fully saturated rings. The molecule has 0 aliphatic heterocycles. The van der Waals surface area contributed by atoms with Crippen LogP contribution >= 0.6 is 11.3 Å². The van der Waals surface area contributed by atoms with Crippen LogP contribution in [0.25, 0.3) is 0 Å². The molecule has 2 aromatic heterocycles. The van der Waals surface area contributed by atoms with Crippen molar-refractivity contribution in [1.29, 1.82) is 0 Å². The molecule has 2 amide bonds. The highest BCUT2D eigenvalue weighted by Crippen LogP contribution is 2.32. The second-order valence-electron chi connectivity index (χ2n) is 6.08. The molecule has 3 rings (SSSR count). The molecule has 0 aromatic carbocycles. The molecular weight excluding hydrogens is 326 g/mol. The van der Waals surface area contributed by atoms with E-state index in [9.17, 15) is 4.79 Å². The summed E-state index contributed by atoms with van der Waals surface area (Å²) in [6.45, 7) is 2.54. The first kappa shape index (κ1) is 16.7. The van der Waals surface area contributed by atoms with E-state index in [0.29, 0.717) is 17.7 Å². The lowest BCUT2D eigenvalue weighted by Gasteiger charge is -2.15. The van der Waals surface area contributed by atoms with Gasteiger partial charge in [-0.15, -0.1) is 10.2 Å². The van der Waals surface area contributed by atoms with Gasteiger partial charge in [0, 0.05) is 18.5 Å². The van der Waals surface area contributed by atoms with E-state index < -0.39 is 0 Å². The fraction of sp³-hybridized carbons (Fsp3) is 0.600. The van der Waals surface area contributed by atoms with Gasteiger partial charge in [-0.1, -0.05) is 24.2 Å². The number of carbonyl (C=O) groups is 1. The minimum Gasteiger partial charge on any atom is -0.374 e. The molecule has 0 unspecified atom stereocenters. The van der Waals surface area contributed by atoms with Gasteiger partial charge in [0.2, 0.25) is 5.13 Å². The molecule has 0 bridgehead atoms. The van der Waals surface area contributed by atoms with Gasteiger partial charge in [0.05, 0.1) is 12.2 Å². The Morgan fingerprint density at radius 2 is 2.21 bits per heavy atom. The molecule has 8 nitrogen and oxygen atoms in total. The predicted molar refractivity (Wildman–Crippen MR) is 94.1 cm³/mol. The van der Waals surface area contributed by atoms with Crippen LogP contribution in [0.3, 0.4) is 0 Å². The largest absolute Gasteiger partial charge is 0.374 e. The fourth-order valence-electron chi connectivity index (χ4n) is 2.99. The van der Waals surface area contributed by atoms with Gasteiger partial charge in [-0.3, -0.25) is 5.32 Å². The van der Waals surface area contributed by atoms with E-state index in [1.165, 1.54) is 24.2 Å². The van der Waals surface area contributed by atoms with Crippen LogP contribution in [0.15, 0.2) is 6.20 Å². The highest BCUT2D eigenvalue weighted by atomic mass is 32.1. The average molecular weight is 349 g/mol. The summed E-state index contributed by atoms with van der Waals surface area (Å²) in [5.41, 5.74) is 6.53. The zero-order valence-electron chi connectivity index (χ0n) is 13.8. The topological polar surface area (TPSA) is 111 Å². The van der Waals surface area contributed by atoms with Crippen molar-refractivity contribution in [3.63, 3.8) is 0 Å². The fourth-order valence-corrected chi connectivity index (χ4v) is 3.64. The molecule has 9 heteroatoms. The summed E-state index contributed by atoms with van der Waals surface area (Å²) >= 11 is 1.38. The zero-order valence-corrected chi connectivity index (χ0v) is 14.6. The number of amides is 2. The summed E-state index contributed by atoms with van der Waals surface area (Å²) in [7, 11) is 0. The van der Waals surface area contributed by atoms with Crippen molar-refractivity contribution in [3.8, 4) is 0 Å². The van der Waals surface area contributed by atoms with Crippen molar-refractivity contribution in [2.45, 2.75) is 51.5 Å². The first-order valence-corrected chi connectivity index (χ1v) is 9.12. The Balaban J connectivity index is 1.47. The van der Waals surface area contributed by atoms with Gasteiger partial charge in [0.1, 0.15) is 10.8 Å². The monoisotopic (exact) mass is 349 g/mol. The maximum absolute atomic E-state index is 12.1. The number of urea groups is 1. The van der Waals surface area contributed by atoms with Crippen LogP contribution in [0.5, 0.6) is 0 Å². The number of carbonyl (C=O) groups excluding carboxylic acids is 1. The van der Waals surface area contributed by atoms with E-state index in [4.69, 9.17) is 5.73 Å². The van der Waals surface area contributed by atoms with Crippen LogP contribution in [0.1, 0.15) is 48.7 Å². The first-order valence-electron chi connectivity index (χ1n) is 8.30. The lowest BCUT2D eigenvalue weighted by molar-refractivity contribution is 0.251. The quantitative estimate of drug-likeness (QED) is 0.694. The van der Waals surface area contributed by atoms with Crippen LogP contribution in [-0.2, 0) is 6.42 Å². The summed E-state index contributed by atoms with van der Waals surface area (Å²) in [6, 6.07) is 0.200. The van der Waals surface area contributed by atoms with Crippen LogP contribution in [0.2, 0.25) is 0 Å². The van der Waals surface area contributed by atoms with Crippen molar-refractivity contribution in [1.82, 2.24) is 25.3 Å². The molecule has 0 saturated heterocycles. The number of nitrogens with zero attached hydrogens (tertiary/aromatic N) is 4. The summed E-state index contributed by atoms with van der Waals surface area (Å²) < 4.78 is 1.96. The minimum absolute atomic E-state index is 0.199. The Morgan fingerprint density at radius 1 is 1.42 bits per heavy atom. The second kappa shape index (κ2) is 7.61. The summed E-state index contributed by atoms with van der Waals surface area (Å²) in [5.74, 6) is 0.802. The van der Waals surface area contributed by atoms with Gasteiger partial charge < -0.3 is 11.1 Å². The van der Waals surface area contributed by atoms with E-state index in [0.717, 1.165) is 42.1 Å². The molecule has 1 aliphatic rings. The van der Waals surface area contributed by atoms with E-state index in [1.807, 2.05) is 17.8 Å². The Hall–Kier alpha value is -2.16. The predicted octanol–water partition coefficient (Wildman–Crippen LogP) is 2.49. The maximum Gasteiger partial charge on any atom is 0.320 e. The highest BCUT2D eigenvalue weighted by molar-refractivity contribution is 7.15. The van der Waals surface area contributed by atoms with Crippen LogP contribution in [0.4, 0.5) is 15.7 Å². The van der Waals surface area contributed by atoms with Crippen LogP contribution < -0.4 is 16.4 Å². The molecule has 0 atom stereocenters. The van der Waals surface area contributed by atoms with Gasteiger partial charge in [0.15, 0.2) is 0 Å². The van der Waals surface area contributed by atoms with E-state index in [2.05, 4.69) is 25.9 Å². The van der Waals surface area contributed by atoms with Crippen molar-refractivity contribution < 1.29 is 4.79 Å². The number of hydrogen-bond acceptors (Lipinski definition) is 6. The Bertz CT molecular complexity index is 690. The normalized spacial score (nSPS) is 14.9. The average Bonchev–Trinajstić information content (AvgIpc) is 3.27. The number of aromatic nitrogens is 4. The van der Waals surface area contributed by atoms with Gasteiger partial charge in [-0.25, -0.2) is 9.48 Å². The van der Waals surface area contributed by atoms with Gasteiger partial charge in [-0.05, 0) is 26.2 Å². The molecule has 1 saturated carbocycles. The smallest absolute Gasteiger partial charge is 0.320 e.